The fourth-order valence-corrected chi connectivity index (χ4v) is 1.05. The van der Waals surface area contributed by atoms with Crippen LogP contribution in [0.5, 0.6) is 5.88 Å². The maximum Gasteiger partial charge on any atom is 0.256 e. The van der Waals surface area contributed by atoms with Crippen molar-refractivity contribution in [2.45, 2.75) is 13.8 Å². The molecule has 0 radical (unpaired) electrons. The Bertz CT molecular complexity index is 268. The van der Waals surface area contributed by atoms with E-state index in [2.05, 4.69) is 24.3 Å². The van der Waals surface area contributed by atoms with Crippen LogP contribution in [0.2, 0.25) is 0 Å². The highest BCUT2D eigenvalue weighted by Crippen LogP contribution is 2.20. The van der Waals surface area contributed by atoms with Gasteiger partial charge < -0.3 is 10.1 Å². The fraction of sp³-hybridized carbons (Fsp3) is 0.667. The van der Waals surface area contributed by atoms with Gasteiger partial charge in [0.25, 0.3) is 5.88 Å². The van der Waals surface area contributed by atoms with Gasteiger partial charge in [0.1, 0.15) is 5.69 Å². The summed E-state index contributed by atoms with van der Waals surface area (Å²) in [5.74, 6) is 1.27. The molecular weight excluding hydrogens is 166 g/mol. The summed E-state index contributed by atoms with van der Waals surface area (Å²) in [7, 11) is 3.51. The highest BCUT2D eigenvalue weighted by molar-refractivity contribution is 5.50. The van der Waals surface area contributed by atoms with Gasteiger partial charge >= 0.3 is 0 Å². The summed E-state index contributed by atoms with van der Waals surface area (Å²) >= 11 is 0. The van der Waals surface area contributed by atoms with Crippen LogP contribution in [0.25, 0.3) is 0 Å². The first-order valence-corrected chi connectivity index (χ1v) is 4.45. The highest BCUT2D eigenvalue weighted by Gasteiger charge is 2.06. The first-order chi connectivity index (χ1) is 6.13. The highest BCUT2D eigenvalue weighted by atomic mass is 16.5. The second-order valence-electron chi connectivity index (χ2n) is 3.50. The fourth-order valence-electron chi connectivity index (χ4n) is 1.05. The maximum atomic E-state index is 5.10. The lowest BCUT2D eigenvalue weighted by Crippen LogP contribution is -2.07. The van der Waals surface area contributed by atoms with Gasteiger partial charge in [0.15, 0.2) is 0 Å². The molecule has 1 heterocycles. The molecule has 0 fully saturated rings. The topological polar surface area (TPSA) is 39.1 Å². The molecule has 1 aromatic heterocycles. The van der Waals surface area contributed by atoms with Crippen molar-refractivity contribution in [2.75, 3.05) is 19.0 Å². The quantitative estimate of drug-likeness (QED) is 0.768. The molecule has 0 aliphatic rings. The van der Waals surface area contributed by atoms with E-state index in [0.717, 1.165) is 12.2 Å². The zero-order chi connectivity index (χ0) is 9.84. The van der Waals surface area contributed by atoms with Crippen LogP contribution in [0.15, 0.2) is 6.20 Å². The van der Waals surface area contributed by atoms with E-state index in [1.54, 1.807) is 11.8 Å². The molecule has 1 aromatic rings. The average molecular weight is 183 g/mol. The predicted octanol–water partition coefficient (Wildman–Crippen LogP) is 1.50. The van der Waals surface area contributed by atoms with E-state index in [-0.39, 0.29) is 0 Å². The van der Waals surface area contributed by atoms with Gasteiger partial charge in [-0.05, 0) is 5.92 Å². The third-order valence-corrected chi connectivity index (χ3v) is 1.69. The molecule has 13 heavy (non-hydrogen) atoms. The molecule has 0 atom stereocenters. The summed E-state index contributed by atoms with van der Waals surface area (Å²) in [6.07, 6.45) is 1.92. The Hall–Kier alpha value is -1.19. The summed E-state index contributed by atoms with van der Waals surface area (Å²) in [6.45, 7) is 5.26. The lowest BCUT2D eigenvalue weighted by Gasteiger charge is -2.07. The zero-order valence-corrected chi connectivity index (χ0v) is 8.66. The van der Waals surface area contributed by atoms with Crippen LogP contribution in [0.4, 0.5) is 5.69 Å². The van der Waals surface area contributed by atoms with Gasteiger partial charge in [-0.3, -0.25) is 4.68 Å². The van der Waals surface area contributed by atoms with E-state index in [0.29, 0.717) is 11.8 Å². The van der Waals surface area contributed by atoms with Gasteiger partial charge in [0.05, 0.1) is 13.3 Å². The second kappa shape index (κ2) is 4.16. The van der Waals surface area contributed by atoms with Crippen molar-refractivity contribution in [3.8, 4) is 5.88 Å². The SMILES string of the molecule is COc1nn(C)cc1NCC(C)C. The first-order valence-electron chi connectivity index (χ1n) is 4.45. The molecule has 1 N–H and O–H groups in total. The molecule has 0 saturated heterocycles. The summed E-state index contributed by atoms with van der Waals surface area (Å²) in [5.41, 5.74) is 0.957. The zero-order valence-electron chi connectivity index (χ0n) is 8.66. The van der Waals surface area contributed by atoms with Gasteiger partial charge in [0.2, 0.25) is 0 Å². The van der Waals surface area contributed by atoms with Crippen molar-refractivity contribution in [3.05, 3.63) is 6.20 Å². The van der Waals surface area contributed by atoms with Crippen LogP contribution in [0.3, 0.4) is 0 Å². The minimum Gasteiger partial charge on any atom is -0.478 e. The molecule has 1 rings (SSSR count). The summed E-state index contributed by atoms with van der Waals surface area (Å²) < 4.78 is 6.84. The van der Waals surface area contributed by atoms with E-state index >= 15 is 0 Å². The number of rotatable bonds is 4. The van der Waals surface area contributed by atoms with E-state index in [1.807, 2.05) is 13.2 Å². The summed E-state index contributed by atoms with van der Waals surface area (Å²) in [6, 6.07) is 0. The smallest absolute Gasteiger partial charge is 0.256 e. The third-order valence-electron chi connectivity index (χ3n) is 1.69. The Kier molecular flexibility index (Phi) is 3.17. The van der Waals surface area contributed by atoms with Gasteiger partial charge in [0, 0.05) is 13.6 Å². The summed E-state index contributed by atoms with van der Waals surface area (Å²) in [5, 5.41) is 7.42. The maximum absolute atomic E-state index is 5.10. The Morgan fingerprint density at radius 3 is 2.85 bits per heavy atom. The number of nitrogens with zero attached hydrogens (tertiary/aromatic N) is 2. The molecule has 0 saturated carbocycles. The van der Waals surface area contributed by atoms with Crippen molar-refractivity contribution < 1.29 is 4.74 Å². The molecule has 0 bridgehead atoms. The lowest BCUT2D eigenvalue weighted by molar-refractivity contribution is 0.393. The molecule has 0 spiro atoms. The van der Waals surface area contributed by atoms with Crippen molar-refractivity contribution in [1.82, 2.24) is 9.78 Å². The van der Waals surface area contributed by atoms with Crippen molar-refractivity contribution in [2.24, 2.45) is 13.0 Å². The summed E-state index contributed by atoms with van der Waals surface area (Å²) in [4.78, 5) is 0. The Morgan fingerprint density at radius 1 is 1.62 bits per heavy atom. The van der Waals surface area contributed by atoms with E-state index in [9.17, 15) is 0 Å². The number of hydrogen-bond acceptors (Lipinski definition) is 3. The standard InChI is InChI=1S/C9H17N3O/c1-7(2)5-10-8-6-12(3)11-9(8)13-4/h6-7,10H,5H2,1-4H3. The lowest BCUT2D eigenvalue weighted by atomic mass is 10.2. The van der Waals surface area contributed by atoms with E-state index in [1.165, 1.54) is 0 Å². The number of hydrogen-bond donors (Lipinski definition) is 1. The predicted molar refractivity (Wildman–Crippen MR) is 53.1 cm³/mol. The van der Waals surface area contributed by atoms with Crippen LogP contribution in [-0.2, 0) is 7.05 Å². The van der Waals surface area contributed by atoms with Crippen LogP contribution in [0, 0.1) is 5.92 Å². The molecular formula is C9H17N3O. The Morgan fingerprint density at radius 2 is 2.31 bits per heavy atom. The molecule has 0 unspecified atom stereocenters. The van der Waals surface area contributed by atoms with Crippen molar-refractivity contribution in [3.63, 3.8) is 0 Å². The number of methoxy groups -OCH3 is 1. The molecule has 4 heteroatoms. The molecule has 74 valence electrons. The van der Waals surface area contributed by atoms with Crippen LogP contribution in [-0.4, -0.2) is 23.4 Å². The number of ether oxygens (including phenoxy) is 1. The van der Waals surface area contributed by atoms with E-state index < -0.39 is 0 Å². The molecule has 0 aromatic carbocycles. The van der Waals surface area contributed by atoms with Gasteiger partial charge in [-0.25, -0.2) is 0 Å². The van der Waals surface area contributed by atoms with Gasteiger partial charge in [-0.2, -0.15) is 0 Å². The van der Waals surface area contributed by atoms with Crippen LogP contribution in [0.1, 0.15) is 13.8 Å². The van der Waals surface area contributed by atoms with Crippen LogP contribution >= 0.6 is 0 Å². The molecule has 0 aliphatic carbocycles. The van der Waals surface area contributed by atoms with E-state index in [4.69, 9.17) is 4.74 Å². The molecule has 0 amide bonds. The Balaban J connectivity index is 2.64. The Labute approximate surface area is 78.9 Å². The van der Waals surface area contributed by atoms with Gasteiger partial charge in [-0.1, -0.05) is 13.8 Å². The van der Waals surface area contributed by atoms with Crippen molar-refractivity contribution >= 4 is 5.69 Å². The third kappa shape index (κ3) is 2.65. The molecule has 4 nitrogen and oxygen atoms in total. The molecule has 0 aliphatic heterocycles. The largest absolute Gasteiger partial charge is 0.478 e. The first kappa shape index (κ1) is 9.89. The minimum absolute atomic E-state index is 0.616. The van der Waals surface area contributed by atoms with Crippen molar-refractivity contribution in [1.29, 1.82) is 0 Å². The number of nitrogens with one attached hydrogen (secondary N) is 1. The number of anilines is 1. The van der Waals surface area contributed by atoms with Gasteiger partial charge in [-0.15, -0.1) is 5.10 Å². The minimum atomic E-state index is 0.616. The number of aromatic nitrogens is 2. The van der Waals surface area contributed by atoms with Crippen LogP contribution < -0.4 is 10.1 Å². The average Bonchev–Trinajstić information content (AvgIpc) is 2.42. The number of aryl methyl sites for hydroxylation is 1. The second-order valence-corrected chi connectivity index (χ2v) is 3.50. The monoisotopic (exact) mass is 183 g/mol. The normalized spacial score (nSPS) is 10.5.